The summed E-state index contributed by atoms with van der Waals surface area (Å²) < 4.78 is 5.96. The largest absolute Gasteiger partial charge is 0.471 e. The van der Waals surface area contributed by atoms with Crippen molar-refractivity contribution in [1.82, 2.24) is 25.1 Å². The van der Waals surface area contributed by atoms with E-state index in [1.807, 2.05) is 0 Å². The van der Waals surface area contributed by atoms with Crippen LogP contribution >= 0.6 is 0 Å². The molecular formula is C18H23N5O6. The first-order valence-electron chi connectivity index (χ1n) is 9.57. The molecule has 0 radical (unpaired) electrons. The van der Waals surface area contributed by atoms with Crippen LogP contribution in [0.15, 0.2) is 9.59 Å². The van der Waals surface area contributed by atoms with E-state index in [-0.39, 0.29) is 18.3 Å². The number of H-pyrrole nitrogens is 2. The van der Waals surface area contributed by atoms with Gasteiger partial charge in [-0.1, -0.05) is 0 Å². The van der Waals surface area contributed by atoms with Crippen LogP contribution in [0.5, 0.6) is 5.88 Å². The van der Waals surface area contributed by atoms with Crippen molar-refractivity contribution in [3.05, 3.63) is 26.4 Å². The van der Waals surface area contributed by atoms with Gasteiger partial charge in [0.1, 0.15) is 17.7 Å². The molecule has 1 aromatic rings. The van der Waals surface area contributed by atoms with Crippen molar-refractivity contribution in [2.45, 2.75) is 50.7 Å². The number of rotatable bonds is 2. The summed E-state index contributed by atoms with van der Waals surface area (Å²) in [6, 6.07) is -0.572. The number of amides is 4. The Morgan fingerprint density at radius 2 is 1.86 bits per heavy atom. The van der Waals surface area contributed by atoms with Gasteiger partial charge in [-0.15, -0.1) is 0 Å². The Morgan fingerprint density at radius 1 is 1.10 bits per heavy atom. The molecule has 0 bridgehead atoms. The van der Waals surface area contributed by atoms with Crippen molar-refractivity contribution in [2.75, 3.05) is 19.6 Å². The Hall–Kier alpha value is -3.11. The fourth-order valence-corrected chi connectivity index (χ4v) is 4.21. The Kier molecular flexibility index (Phi) is 4.28. The molecule has 11 nitrogen and oxygen atoms in total. The number of carbonyl (C=O) groups excluding carboxylic acids is 3. The number of aromatic amines is 2. The third-order valence-electron chi connectivity index (χ3n) is 5.81. The summed E-state index contributed by atoms with van der Waals surface area (Å²) >= 11 is 0. The molecule has 4 amide bonds. The zero-order chi connectivity index (χ0) is 21.0. The van der Waals surface area contributed by atoms with Crippen LogP contribution in [0.2, 0.25) is 0 Å². The van der Waals surface area contributed by atoms with E-state index in [1.165, 1.54) is 0 Å². The standard InChI is InChI=1S/C18H23N5O6/c1-17(2)14(26)23(16(28)21-17)9-11(24)22-6-3-4-18(5-7-22)8-10-12(25)19-15(27)20-13(10)29-18/h3-9H2,1-2H3,(H,21,28)(H2,19,20,25,27)/t18-/m1/s1. The Labute approximate surface area is 165 Å². The molecule has 1 atom stereocenters. The van der Waals surface area contributed by atoms with E-state index in [0.717, 1.165) is 4.90 Å². The molecular weight excluding hydrogens is 382 g/mol. The SMILES string of the molecule is CC1(C)NC(=O)N(CC(=O)N2CCC[C@@]3(CC2)Cc2c([nH]c(=O)[nH]c2=O)O3)C1=O. The lowest BCUT2D eigenvalue weighted by Gasteiger charge is -2.27. The van der Waals surface area contributed by atoms with Crippen molar-refractivity contribution in [2.24, 2.45) is 0 Å². The lowest BCUT2D eigenvalue weighted by atomic mass is 9.90. The zero-order valence-electron chi connectivity index (χ0n) is 16.3. The van der Waals surface area contributed by atoms with Crippen LogP contribution in [0.4, 0.5) is 4.79 Å². The smallest absolute Gasteiger partial charge is 0.328 e. The summed E-state index contributed by atoms with van der Waals surface area (Å²) in [6.07, 6.45) is 2.08. The van der Waals surface area contributed by atoms with E-state index < -0.39 is 34.3 Å². The molecule has 1 aromatic heterocycles. The molecule has 0 saturated carbocycles. The molecule has 2 fully saturated rings. The summed E-state index contributed by atoms with van der Waals surface area (Å²) in [5, 5.41) is 2.56. The molecule has 0 aromatic carbocycles. The number of aromatic nitrogens is 2. The second-order valence-electron chi connectivity index (χ2n) is 8.36. The van der Waals surface area contributed by atoms with Gasteiger partial charge in [-0.05, 0) is 26.7 Å². The van der Waals surface area contributed by atoms with Crippen LogP contribution in [-0.2, 0) is 16.0 Å². The molecule has 0 unspecified atom stereocenters. The van der Waals surface area contributed by atoms with Gasteiger partial charge in [0.2, 0.25) is 11.8 Å². The summed E-state index contributed by atoms with van der Waals surface area (Å²) in [7, 11) is 0. The maximum Gasteiger partial charge on any atom is 0.328 e. The number of fused-ring (bicyclic) bond motifs is 1. The van der Waals surface area contributed by atoms with Gasteiger partial charge in [0, 0.05) is 25.9 Å². The van der Waals surface area contributed by atoms with Crippen molar-refractivity contribution in [3.8, 4) is 5.88 Å². The average Bonchev–Trinajstić information content (AvgIpc) is 2.96. The van der Waals surface area contributed by atoms with Crippen LogP contribution in [-0.4, -0.2) is 68.4 Å². The summed E-state index contributed by atoms with van der Waals surface area (Å²) in [4.78, 5) is 67.8. The van der Waals surface area contributed by atoms with Crippen LogP contribution in [0.25, 0.3) is 0 Å². The topological polar surface area (TPSA) is 145 Å². The lowest BCUT2D eigenvalue weighted by Crippen LogP contribution is -2.45. The fraction of sp³-hybridized carbons (Fsp3) is 0.611. The quantitative estimate of drug-likeness (QED) is 0.543. The molecule has 2 saturated heterocycles. The predicted molar refractivity (Wildman–Crippen MR) is 99.5 cm³/mol. The maximum absolute atomic E-state index is 12.7. The van der Waals surface area contributed by atoms with Crippen LogP contribution in [0.3, 0.4) is 0 Å². The van der Waals surface area contributed by atoms with Crippen molar-refractivity contribution < 1.29 is 19.1 Å². The van der Waals surface area contributed by atoms with Crippen LogP contribution in [0.1, 0.15) is 38.7 Å². The van der Waals surface area contributed by atoms with Gasteiger partial charge in [-0.3, -0.25) is 29.3 Å². The number of hydrogen-bond acceptors (Lipinski definition) is 6. The third-order valence-corrected chi connectivity index (χ3v) is 5.81. The first-order valence-corrected chi connectivity index (χ1v) is 9.57. The molecule has 11 heteroatoms. The fourth-order valence-electron chi connectivity index (χ4n) is 4.21. The number of likely N-dealkylation sites (tertiary alicyclic amines) is 1. The summed E-state index contributed by atoms with van der Waals surface area (Å²) in [5.41, 5.74) is -2.34. The van der Waals surface area contributed by atoms with Crippen molar-refractivity contribution in [1.29, 1.82) is 0 Å². The predicted octanol–water partition coefficient (Wildman–Crippen LogP) is -0.920. The number of nitrogens with one attached hydrogen (secondary N) is 3. The molecule has 1 spiro atoms. The van der Waals surface area contributed by atoms with Gasteiger partial charge in [0.15, 0.2) is 0 Å². The number of urea groups is 1. The molecule has 29 heavy (non-hydrogen) atoms. The molecule has 156 valence electrons. The highest BCUT2D eigenvalue weighted by Gasteiger charge is 2.46. The Bertz CT molecular complexity index is 1010. The number of imide groups is 1. The first kappa shape index (κ1) is 19.2. The number of ether oxygens (including phenoxy) is 1. The maximum atomic E-state index is 12.7. The van der Waals surface area contributed by atoms with E-state index in [2.05, 4.69) is 15.3 Å². The van der Waals surface area contributed by atoms with Crippen LogP contribution in [0, 0.1) is 0 Å². The van der Waals surface area contributed by atoms with E-state index in [0.29, 0.717) is 44.3 Å². The van der Waals surface area contributed by atoms with Gasteiger partial charge in [0.05, 0.1) is 5.56 Å². The van der Waals surface area contributed by atoms with Crippen molar-refractivity contribution >= 4 is 17.8 Å². The van der Waals surface area contributed by atoms with Gasteiger partial charge in [-0.25, -0.2) is 9.59 Å². The second kappa shape index (κ2) is 6.46. The molecule has 4 rings (SSSR count). The zero-order valence-corrected chi connectivity index (χ0v) is 16.3. The summed E-state index contributed by atoms with van der Waals surface area (Å²) in [5.74, 6) is -0.551. The molecule has 0 aliphatic carbocycles. The highest BCUT2D eigenvalue weighted by Crippen LogP contribution is 2.37. The minimum atomic E-state index is -1.02. The minimum Gasteiger partial charge on any atom is -0.471 e. The average molecular weight is 405 g/mol. The van der Waals surface area contributed by atoms with Crippen molar-refractivity contribution in [3.63, 3.8) is 0 Å². The van der Waals surface area contributed by atoms with Gasteiger partial charge in [0.25, 0.3) is 11.5 Å². The lowest BCUT2D eigenvalue weighted by molar-refractivity contribution is -0.138. The second-order valence-corrected chi connectivity index (χ2v) is 8.36. The molecule has 4 heterocycles. The van der Waals surface area contributed by atoms with E-state index in [9.17, 15) is 24.0 Å². The van der Waals surface area contributed by atoms with E-state index in [1.54, 1.807) is 18.7 Å². The van der Waals surface area contributed by atoms with Gasteiger partial charge < -0.3 is 15.0 Å². The third kappa shape index (κ3) is 3.30. The van der Waals surface area contributed by atoms with Gasteiger partial charge in [-0.2, -0.15) is 0 Å². The first-order chi connectivity index (χ1) is 13.6. The Balaban J connectivity index is 1.43. The molecule has 3 aliphatic heterocycles. The molecule has 3 aliphatic rings. The van der Waals surface area contributed by atoms with E-state index >= 15 is 0 Å². The Morgan fingerprint density at radius 3 is 2.55 bits per heavy atom. The molecule has 3 N–H and O–H groups in total. The number of carbonyl (C=O) groups is 3. The highest BCUT2D eigenvalue weighted by atomic mass is 16.5. The number of hydrogen-bond donors (Lipinski definition) is 3. The van der Waals surface area contributed by atoms with E-state index in [4.69, 9.17) is 4.74 Å². The van der Waals surface area contributed by atoms with Gasteiger partial charge >= 0.3 is 11.7 Å². The monoisotopic (exact) mass is 405 g/mol. The van der Waals surface area contributed by atoms with Crippen LogP contribution < -0.4 is 21.3 Å². The number of nitrogens with zero attached hydrogens (tertiary/aromatic N) is 2. The highest BCUT2D eigenvalue weighted by molar-refractivity contribution is 6.08. The summed E-state index contributed by atoms with van der Waals surface area (Å²) in [6.45, 7) is 3.69. The normalized spacial score (nSPS) is 25.6. The minimum absolute atomic E-state index is 0.195.